The molecule has 2 heterocycles. The first-order chi connectivity index (χ1) is 8.56. The number of anilines is 1. The number of H-pyrrole nitrogens is 1. The van der Waals surface area contributed by atoms with Crippen LogP contribution in [0.2, 0.25) is 0 Å². The highest BCUT2D eigenvalue weighted by Gasteiger charge is 2.36. The summed E-state index contributed by atoms with van der Waals surface area (Å²) in [5, 5.41) is 6.07. The molecule has 0 radical (unpaired) electrons. The number of nitrogen functional groups attached to an aromatic ring is 1. The molecule has 0 amide bonds. The number of hydrogen-bond donors (Lipinski definition) is 3. The van der Waals surface area contributed by atoms with E-state index in [1.165, 1.54) is 19.0 Å². The topological polar surface area (TPSA) is 104 Å². The molecule has 1 aliphatic carbocycles. The summed E-state index contributed by atoms with van der Waals surface area (Å²) in [6, 6.07) is 0.656. The first-order valence-corrected chi connectivity index (χ1v) is 7.60. The largest absolute Gasteiger partial charge is 0.383 e. The molecule has 8 heteroatoms. The van der Waals surface area contributed by atoms with Gasteiger partial charge in [0.05, 0.1) is 6.20 Å². The Morgan fingerprint density at radius 1 is 1.44 bits per heavy atom. The van der Waals surface area contributed by atoms with Gasteiger partial charge >= 0.3 is 0 Å². The lowest BCUT2D eigenvalue weighted by atomic mass is 10.3. The lowest BCUT2D eigenvalue weighted by Gasteiger charge is -2.15. The molecule has 1 aliphatic heterocycles. The van der Waals surface area contributed by atoms with Crippen LogP contribution < -0.4 is 10.5 Å². The van der Waals surface area contributed by atoms with Crippen molar-refractivity contribution in [3.05, 3.63) is 6.20 Å². The molecule has 1 aromatic heterocycles. The third-order valence-electron chi connectivity index (χ3n) is 3.53. The first-order valence-electron chi connectivity index (χ1n) is 6.11. The Morgan fingerprint density at radius 2 is 2.22 bits per heavy atom. The smallest absolute Gasteiger partial charge is 0.246 e. The summed E-state index contributed by atoms with van der Waals surface area (Å²) >= 11 is 0. The molecule has 18 heavy (non-hydrogen) atoms. The van der Waals surface area contributed by atoms with E-state index in [9.17, 15) is 8.42 Å². The maximum absolute atomic E-state index is 12.1. The van der Waals surface area contributed by atoms with Gasteiger partial charge in [0.1, 0.15) is 10.7 Å². The van der Waals surface area contributed by atoms with Crippen LogP contribution in [-0.4, -0.2) is 48.7 Å². The molecule has 0 aromatic carbocycles. The van der Waals surface area contributed by atoms with Crippen molar-refractivity contribution in [2.24, 2.45) is 0 Å². The average Bonchev–Trinajstić information content (AvgIpc) is 2.90. The van der Waals surface area contributed by atoms with Gasteiger partial charge in [0, 0.05) is 25.2 Å². The summed E-state index contributed by atoms with van der Waals surface area (Å²) in [5.74, 6) is 0.0829. The van der Waals surface area contributed by atoms with E-state index in [0.29, 0.717) is 6.04 Å². The molecule has 0 bridgehead atoms. The molecule has 1 atom stereocenters. The Balaban J connectivity index is 1.67. The average molecular weight is 271 g/mol. The third-order valence-corrected chi connectivity index (χ3v) is 5.07. The minimum absolute atomic E-state index is 0.0232. The first kappa shape index (κ1) is 11.9. The highest BCUT2D eigenvalue weighted by Crippen LogP contribution is 2.30. The monoisotopic (exact) mass is 271 g/mol. The Morgan fingerprint density at radius 3 is 2.83 bits per heavy atom. The van der Waals surface area contributed by atoms with Crippen molar-refractivity contribution in [3.8, 4) is 0 Å². The van der Waals surface area contributed by atoms with Crippen molar-refractivity contribution < 1.29 is 8.42 Å². The number of hydrogen-bond acceptors (Lipinski definition) is 5. The number of aromatic nitrogens is 2. The summed E-state index contributed by atoms with van der Waals surface area (Å²) in [5.41, 5.74) is 5.54. The Kier molecular flexibility index (Phi) is 2.80. The maximum atomic E-state index is 12.1. The van der Waals surface area contributed by atoms with Gasteiger partial charge in [-0.25, -0.2) is 13.1 Å². The summed E-state index contributed by atoms with van der Waals surface area (Å²) in [7, 11) is -3.56. The van der Waals surface area contributed by atoms with Gasteiger partial charge in [0.2, 0.25) is 10.0 Å². The number of likely N-dealkylation sites (tertiary alicyclic amines) is 1. The van der Waals surface area contributed by atoms with E-state index in [1.807, 2.05) is 0 Å². The summed E-state index contributed by atoms with van der Waals surface area (Å²) in [4.78, 5) is 2.39. The standard InChI is InChI=1S/C10H17N5O2S/c11-10-9(5-12-13-10)18(16,17)14-7-3-4-15(6-7)8-1-2-8/h5,7-8,14H,1-4,6H2,(H3,11,12,13). The van der Waals surface area contributed by atoms with Crippen LogP contribution >= 0.6 is 0 Å². The molecular formula is C10H17N5O2S. The van der Waals surface area contributed by atoms with Crippen LogP contribution in [0, 0.1) is 0 Å². The minimum Gasteiger partial charge on any atom is -0.383 e. The summed E-state index contributed by atoms with van der Waals surface area (Å²) in [6.45, 7) is 1.76. The predicted octanol–water partition coefficient (Wildman–Crippen LogP) is -0.493. The van der Waals surface area contributed by atoms with Gasteiger partial charge in [0.25, 0.3) is 0 Å². The van der Waals surface area contributed by atoms with Gasteiger partial charge in [-0.3, -0.25) is 10.00 Å². The number of aromatic amines is 1. The highest BCUT2D eigenvalue weighted by molar-refractivity contribution is 7.89. The number of nitrogens with one attached hydrogen (secondary N) is 2. The van der Waals surface area contributed by atoms with E-state index in [1.54, 1.807) is 0 Å². The molecule has 1 saturated carbocycles. The van der Waals surface area contributed by atoms with Crippen LogP contribution in [0.15, 0.2) is 11.1 Å². The molecule has 1 unspecified atom stereocenters. The zero-order valence-electron chi connectivity index (χ0n) is 9.96. The van der Waals surface area contributed by atoms with Crippen molar-refractivity contribution in [2.75, 3.05) is 18.8 Å². The van der Waals surface area contributed by atoms with Crippen LogP contribution in [-0.2, 0) is 10.0 Å². The fraction of sp³-hybridized carbons (Fsp3) is 0.700. The molecular weight excluding hydrogens is 254 g/mol. The van der Waals surface area contributed by atoms with E-state index in [-0.39, 0.29) is 16.8 Å². The van der Waals surface area contributed by atoms with E-state index in [4.69, 9.17) is 5.73 Å². The quantitative estimate of drug-likeness (QED) is 0.685. The maximum Gasteiger partial charge on any atom is 0.246 e. The lowest BCUT2D eigenvalue weighted by molar-refractivity contribution is 0.322. The van der Waals surface area contributed by atoms with Crippen molar-refractivity contribution in [1.29, 1.82) is 0 Å². The fourth-order valence-corrected chi connectivity index (χ4v) is 3.72. The van der Waals surface area contributed by atoms with Crippen LogP contribution in [0.1, 0.15) is 19.3 Å². The van der Waals surface area contributed by atoms with E-state index in [2.05, 4.69) is 19.8 Å². The van der Waals surface area contributed by atoms with Crippen LogP contribution in [0.4, 0.5) is 5.82 Å². The molecule has 2 fully saturated rings. The normalized spacial score (nSPS) is 25.7. The van der Waals surface area contributed by atoms with Crippen molar-refractivity contribution >= 4 is 15.8 Å². The number of nitrogens with two attached hydrogens (primary N) is 1. The predicted molar refractivity (Wildman–Crippen MR) is 66.3 cm³/mol. The second-order valence-corrected chi connectivity index (χ2v) is 6.66. The molecule has 2 aliphatic rings. The number of rotatable bonds is 4. The Labute approximate surface area is 106 Å². The van der Waals surface area contributed by atoms with Crippen LogP contribution in [0.5, 0.6) is 0 Å². The Bertz CT molecular complexity index is 536. The van der Waals surface area contributed by atoms with Gasteiger partial charge in [-0.05, 0) is 19.3 Å². The van der Waals surface area contributed by atoms with Crippen molar-refractivity contribution in [1.82, 2.24) is 19.8 Å². The van der Waals surface area contributed by atoms with Crippen molar-refractivity contribution in [2.45, 2.75) is 36.2 Å². The molecule has 3 rings (SSSR count). The molecule has 1 saturated heterocycles. The van der Waals surface area contributed by atoms with Crippen LogP contribution in [0.25, 0.3) is 0 Å². The molecule has 0 spiro atoms. The highest BCUT2D eigenvalue weighted by atomic mass is 32.2. The van der Waals surface area contributed by atoms with Gasteiger partial charge in [-0.15, -0.1) is 0 Å². The molecule has 1 aromatic rings. The second-order valence-electron chi connectivity index (χ2n) is 4.98. The van der Waals surface area contributed by atoms with Crippen LogP contribution in [0.3, 0.4) is 0 Å². The molecule has 4 N–H and O–H groups in total. The molecule has 7 nitrogen and oxygen atoms in total. The van der Waals surface area contributed by atoms with E-state index in [0.717, 1.165) is 19.5 Å². The zero-order valence-corrected chi connectivity index (χ0v) is 10.8. The number of sulfonamides is 1. The Hall–Kier alpha value is -1.12. The van der Waals surface area contributed by atoms with Gasteiger partial charge < -0.3 is 5.73 Å². The van der Waals surface area contributed by atoms with Gasteiger partial charge in [0.15, 0.2) is 0 Å². The van der Waals surface area contributed by atoms with E-state index >= 15 is 0 Å². The molecule has 100 valence electrons. The fourth-order valence-electron chi connectivity index (χ4n) is 2.44. The zero-order chi connectivity index (χ0) is 12.8. The SMILES string of the molecule is Nc1[nH]ncc1S(=O)(=O)NC1CCN(C2CC2)C1. The second kappa shape index (κ2) is 4.22. The summed E-state index contributed by atoms with van der Waals surface area (Å²) < 4.78 is 26.9. The third kappa shape index (κ3) is 2.23. The van der Waals surface area contributed by atoms with Crippen molar-refractivity contribution in [3.63, 3.8) is 0 Å². The summed E-state index contributed by atoms with van der Waals surface area (Å²) in [6.07, 6.45) is 4.58. The van der Waals surface area contributed by atoms with Gasteiger partial charge in [-0.1, -0.05) is 0 Å². The van der Waals surface area contributed by atoms with E-state index < -0.39 is 10.0 Å². The van der Waals surface area contributed by atoms with Gasteiger partial charge in [-0.2, -0.15) is 5.10 Å². The lowest BCUT2D eigenvalue weighted by Crippen LogP contribution is -2.37. The minimum atomic E-state index is -3.56. The number of nitrogens with zero attached hydrogens (tertiary/aromatic N) is 2.